The fraction of sp³-hybridized carbons (Fsp3) is 0.318. The number of nitrogens with one attached hydrogen (secondary N) is 1. The summed E-state index contributed by atoms with van der Waals surface area (Å²) in [5.74, 6) is 1.41. The molecule has 0 radical (unpaired) electrons. The standard InChI is InChI=1S/C22H24ClN3O2/c1-14(2)16-4-6-18(7-5-16)22-25-21(28-26-22)13-12-20(27)24-15(3)17-8-10-19(23)11-9-17/h4-11,14-15H,12-13H2,1-3H3,(H,24,27). The Labute approximate surface area is 170 Å². The Morgan fingerprint density at radius 3 is 2.32 bits per heavy atom. The fourth-order valence-electron chi connectivity index (χ4n) is 2.86. The molecule has 3 aromatic rings. The Bertz CT molecular complexity index is 918. The predicted molar refractivity (Wildman–Crippen MR) is 110 cm³/mol. The highest BCUT2D eigenvalue weighted by Crippen LogP contribution is 2.21. The van der Waals surface area contributed by atoms with Crippen LogP contribution in [0.1, 0.15) is 56.2 Å². The van der Waals surface area contributed by atoms with E-state index in [1.807, 2.05) is 43.3 Å². The molecule has 0 fully saturated rings. The van der Waals surface area contributed by atoms with Crippen molar-refractivity contribution in [1.29, 1.82) is 0 Å². The highest BCUT2D eigenvalue weighted by Gasteiger charge is 2.13. The van der Waals surface area contributed by atoms with Crippen molar-refractivity contribution in [3.8, 4) is 11.4 Å². The van der Waals surface area contributed by atoms with Gasteiger partial charge in [-0.05, 0) is 36.1 Å². The van der Waals surface area contributed by atoms with Gasteiger partial charge in [0.2, 0.25) is 17.6 Å². The summed E-state index contributed by atoms with van der Waals surface area (Å²) < 4.78 is 5.29. The van der Waals surface area contributed by atoms with E-state index in [0.717, 1.165) is 11.1 Å². The topological polar surface area (TPSA) is 68.0 Å². The molecule has 6 heteroatoms. The number of carbonyl (C=O) groups excluding carboxylic acids is 1. The number of nitrogens with zero attached hydrogens (tertiary/aromatic N) is 2. The first-order valence-electron chi connectivity index (χ1n) is 9.40. The Morgan fingerprint density at radius 1 is 1.04 bits per heavy atom. The van der Waals surface area contributed by atoms with Gasteiger partial charge in [0.15, 0.2) is 0 Å². The van der Waals surface area contributed by atoms with Gasteiger partial charge in [-0.1, -0.05) is 67.0 Å². The van der Waals surface area contributed by atoms with Crippen LogP contribution in [0.3, 0.4) is 0 Å². The molecular weight excluding hydrogens is 374 g/mol. The van der Waals surface area contributed by atoms with Crippen LogP contribution in [0.4, 0.5) is 0 Å². The average molecular weight is 398 g/mol. The smallest absolute Gasteiger partial charge is 0.227 e. The number of aromatic nitrogens is 2. The van der Waals surface area contributed by atoms with E-state index in [1.54, 1.807) is 0 Å². The van der Waals surface area contributed by atoms with Gasteiger partial charge in [0, 0.05) is 23.4 Å². The molecular formula is C22H24ClN3O2. The van der Waals surface area contributed by atoms with Crippen molar-refractivity contribution in [2.24, 2.45) is 0 Å². The highest BCUT2D eigenvalue weighted by atomic mass is 35.5. The van der Waals surface area contributed by atoms with Gasteiger partial charge in [-0.3, -0.25) is 4.79 Å². The summed E-state index contributed by atoms with van der Waals surface area (Å²) in [5.41, 5.74) is 3.17. The third-order valence-electron chi connectivity index (χ3n) is 4.62. The number of halogens is 1. The number of hydrogen-bond acceptors (Lipinski definition) is 4. The van der Waals surface area contributed by atoms with Crippen molar-refractivity contribution in [2.75, 3.05) is 0 Å². The van der Waals surface area contributed by atoms with Crippen molar-refractivity contribution < 1.29 is 9.32 Å². The van der Waals surface area contributed by atoms with E-state index < -0.39 is 0 Å². The van der Waals surface area contributed by atoms with Crippen molar-refractivity contribution in [3.05, 3.63) is 70.6 Å². The quantitative estimate of drug-likeness (QED) is 0.585. The van der Waals surface area contributed by atoms with E-state index in [0.29, 0.717) is 29.1 Å². The zero-order valence-electron chi connectivity index (χ0n) is 16.3. The van der Waals surface area contributed by atoms with Crippen LogP contribution in [0, 0.1) is 0 Å². The molecule has 1 atom stereocenters. The van der Waals surface area contributed by atoms with Crippen LogP contribution in [-0.2, 0) is 11.2 Å². The third kappa shape index (κ3) is 5.20. The molecule has 146 valence electrons. The Hall–Kier alpha value is -2.66. The van der Waals surface area contributed by atoms with Gasteiger partial charge in [0.05, 0.1) is 6.04 Å². The maximum absolute atomic E-state index is 12.2. The van der Waals surface area contributed by atoms with Gasteiger partial charge < -0.3 is 9.84 Å². The molecule has 3 rings (SSSR count). The summed E-state index contributed by atoms with van der Waals surface area (Å²) in [5, 5.41) is 7.67. The van der Waals surface area contributed by atoms with Crippen LogP contribution in [-0.4, -0.2) is 16.0 Å². The molecule has 1 amide bonds. The molecule has 2 aromatic carbocycles. The number of aryl methyl sites for hydroxylation is 1. The SMILES string of the molecule is CC(C)c1ccc(-c2noc(CCC(=O)NC(C)c3ccc(Cl)cc3)n2)cc1. The van der Waals surface area contributed by atoms with Crippen LogP contribution in [0.15, 0.2) is 53.1 Å². The summed E-state index contributed by atoms with van der Waals surface area (Å²) in [6.45, 7) is 6.24. The molecule has 28 heavy (non-hydrogen) atoms. The van der Waals surface area contributed by atoms with E-state index in [2.05, 4.69) is 41.4 Å². The number of carbonyl (C=O) groups is 1. The van der Waals surface area contributed by atoms with Crippen LogP contribution in [0.5, 0.6) is 0 Å². The van der Waals surface area contributed by atoms with Gasteiger partial charge in [-0.25, -0.2) is 0 Å². The zero-order valence-corrected chi connectivity index (χ0v) is 17.0. The molecule has 0 saturated carbocycles. The number of rotatable bonds is 7. The van der Waals surface area contributed by atoms with Crippen LogP contribution in [0.2, 0.25) is 5.02 Å². The average Bonchev–Trinajstić information content (AvgIpc) is 3.16. The van der Waals surface area contributed by atoms with Gasteiger partial charge in [0.25, 0.3) is 0 Å². The van der Waals surface area contributed by atoms with Crippen molar-refractivity contribution in [1.82, 2.24) is 15.5 Å². The van der Waals surface area contributed by atoms with Crippen molar-refractivity contribution in [2.45, 2.75) is 45.6 Å². The molecule has 0 saturated heterocycles. The lowest BCUT2D eigenvalue weighted by Gasteiger charge is -2.14. The minimum atomic E-state index is -0.0949. The maximum atomic E-state index is 12.2. The van der Waals surface area contributed by atoms with Crippen LogP contribution < -0.4 is 5.32 Å². The van der Waals surface area contributed by atoms with Gasteiger partial charge in [-0.2, -0.15) is 4.98 Å². The third-order valence-corrected chi connectivity index (χ3v) is 4.87. The van der Waals surface area contributed by atoms with Crippen molar-refractivity contribution in [3.63, 3.8) is 0 Å². The summed E-state index contributed by atoms with van der Waals surface area (Å²) in [7, 11) is 0. The first kappa shape index (κ1) is 20.1. The van der Waals surface area contributed by atoms with E-state index in [1.165, 1.54) is 5.56 Å². The number of amides is 1. The fourth-order valence-corrected chi connectivity index (χ4v) is 2.99. The van der Waals surface area contributed by atoms with E-state index in [4.69, 9.17) is 16.1 Å². The van der Waals surface area contributed by atoms with Gasteiger partial charge in [0.1, 0.15) is 0 Å². The van der Waals surface area contributed by atoms with E-state index in [-0.39, 0.29) is 18.4 Å². The van der Waals surface area contributed by atoms with Crippen LogP contribution in [0.25, 0.3) is 11.4 Å². The molecule has 1 N–H and O–H groups in total. The van der Waals surface area contributed by atoms with Gasteiger partial charge >= 0.3 is 0 Å². The molecule has 0 aliphatic heterocycles. The monoisotopic (exact) mass is 397 g/mol. The second-order valence-electron chi connectivity index (χ2n) is 7.13. The summed E-state index contributed by atoms with van der Waals surface area (Å²) in [6, 6.07) is 15.5. The normalized spacial score (nSPS) is 12.2. The number of hydrogen-bond donors (Lipinski definition) is 1. The first-order chi connectivity index (χ1) is 13.4. The Balaban J connectivity index is 1.53. The van der Waals surface area contributed by atoms with Crippen LogP contribution >= 0.6 is 11.6 Å². The lowest BCUT2D eigenvalue weighted by molar-refractivity contribution is -0.121. The molecule has 5 nitrogen and oxygen atoms in total. The largest absolute Gasteiger partial charge is 0.350 e. The van der Waals surface area contributed by atoms with E-state index >= 15 is 0 Å². The lowest BCUT2D eigenvalue weighted by atomic mass is 10.0. The first-order valence-corrected chi connectivity index (χ1v) is 9.78. The highest BCUT2D eigenvalue weighted by molar-refractivity contribution is 6.30. The summed E-state index contributed by atoms with van der Waals surface area (Å²) in [6.07, 6.45) is 0.683. The molecule has 1 heterocycles. The summed E-state index contributed by atoms with van der Waals surface area (Å²) in [4.78, 5) is 16.6. The van der Waals surface area contributed by atoms with Crippen molar-refractivity contribution >= 4 is 17.5 Å². The second-order valence-corrected chi connectivity index (χ2v) is 7.57. The zero-order chi connectivity index (χ0) is 20.1. The lowest BCUT2D eigenvalue weighted by Crippen LogP contribution is -2.26. The minimum Gasteiger partial charge on any atom is -0.350 e. The molecule has 0 aliphatic rings. The molecule has 0 bridgehead atoms. The molecule has 1 unspecified atom stereocenters. The maximum Gasteiger partial charge on any atom is 0.227 e. The molecule has 0 spiro atoms. The predicted octanol–water partition coefficient (Wildman–Crippen LogP) is 5.32. The Kier molecular flexibility index (Phi) is 6.47. The molecule has 1 aromatic heterocycles. The second kappa shape index (κ2) is 9.02. The Morgan fingerprint density at radius 2 is 1.68 bits per heavy atom. The van der Waals surface area contributed by atoms with E-state index in [9.17, 15) is 4.79 Å². The minimum absolute atomic E-state index is 0.0662. The summed E-state index contributed by atoms with van der Waals surface area (Å²) >= 11 is 5.90. The number of benzene rings is 2. The van der Waals surface area contributed by atoms with Gasteiger partial charge in [-0.15, -0.1) is 0 Å². The molecule has 0 aliphatic carbocycles.